The summed E-state index contributed by atoms with van der Waals surface area (Å²) in [5.41, 5.74) is 2.08. The normalized spacial score (nSPS) is 15.7. The van der Waals surface area contributed by atoms with E-state index in [2.05, 4.69) is 21.3 Å². The summed E-state index contributed by atoms with van der Waals surface area (Å²) in [4.78, 5) is 20.9. The Hall–Kier alpha value is -2.22. The zero-order valence-electron chi connectivity index (χ0n) is 16.1. The molecule has 2 aliphatic rings. The molecule has 1 saturated heterocycles. The standard InChI is InChI=1S/C20H24N4O3.2ClH/c25-20(27-15-16-4-2-1-3-5-16)24-11-9-23(10-12-24)18-7-6-17-14-21-8-13-26-19(17)22-18;;/h1-7,21H,8-15H2;2*1H. The van der Waals surface area contributed by atoms with Crippen molar-refractivity contribution in [3.05, 3.63) is 53.6 Å². The molecule has 2 aromatic rings. The molecule has 1 amide bonds. The maximum Gasteiger partial charge on any atom is 0.410 e. The molecule has 1 fully saturated rings. The number of benzene rings is 1. The van der Waals surface area contributed by atoms with Gasteiger partial charge in [0.25, 0.3) is 0 Å². The lowest BCUT2D eigenvalue weighted by Gasteiger charge is -2.35. The molecular formula is C20H26Cl2N4O3. The number of rotatable bonds is 3. The summed E-state index contributed by atoms with van der Waals surface area (Å²) < 4.78 is 11.2. The number of carbonyl (C=O) groups is 1. The molecule has 1 aromatic carbocycles. The van der Waals surface area contributed by atoms with Gasteiger partial charge in [-0.2, -0.15) is 4.98 Å². The van der Waals surface area contributed by atoms with Crippen molar-refractivity contribution in [2.75, 3.05) is 44.2 Å². The first kappa shape index (κ1) is 23.1. The van der Waals surface area contributed by atoms with Crippen molar-refractivity contribution in [2.24, 2.45) is 0 Å². The third-order valence-electron chi connectivity index (χ3n) is 4.82. The lowest BCUT2D eigenvalue weighted by Crippen LogP contribution is -2.49. The maximum absolute atomic E-state index is 12.3. The summed E-state index contributed by atoms with van der Waals surface area (Å²) in [6, 6.07) is 13.8. The van der Waals surface area contributed by atoms with Gasteiger partial charge >= 0.3 is 6.09 Å². The largest absolute Gasteiger partial charge is 0.476 e. The molecule has 0 aliphatic carbocycles. The molecule has 1 aromatic heterocycles. The van der Waals surface area contributed by atoms with Crippen LogP contribution in [0.15, 0.2) is 42.5 Å². The van der Waals surface area contributed by atoms with Crippen LogP contribution in [0.5, 0.6) is 5.88 Å². The van der Waals surface area contributed by atoms with Gasteiger partial charge in [-0.25, -0.2) is 4.79 Å². The SMILES string of the molecule is Cl.Cl.O=C(OCc1ccccc1)N1CCN(c2ccc3c(n2)OCCNC3)CC1. The number of ether oxygens (including phenoxy) is 2. The van der Waals surface area contributed by atoms with Gasteiger partial charge in [-0.1, -0.05) is 30.3 Å². The molecule has 0 atom stereocenters. The highest BCUT2D eigenvalue weighted by atomic mass is 35.5. The third-order valence-corrected chi connectivity index (χ3v) is 4.82. The number of amides is 1. The first-order chi connectivity index (χ1) is 13.3. The van der Waals surface area contributed by atoms with Crippen LogP contribution in [0.4, 0.5) is 10.6 Å². The van der Waals surface area contributed by atoms with E-state index >= 15 is 0 Å². The van der Waals surface area contributed by atoms with E-state index < -0.39 is 0 Å². The first-order valence-electron chi connectivity index (χ1n) is 9.33. The lowest BCUT2D eigenvalue weighted by molar-refractivity contribution is 0.0941. The highest BCUT2D eigenvalue weighted by Gasteiger charge is 2.24. The van der Waals surface area contributed by atoms with Gasteiger partial charge in [0.05, 0.1) is 0 Å². The predicted octanol–water partition coefficient (Wildman–Crippen LogP) is 2.87. The molecular weight excluding hydrogens is 415 g/mol. The predicted molar refractivity (Wildman–Crippen MR) is 116 cm³/mol. The van der Waals surface area contributed by atoms with Crippen LogP contribution in [0.3, 0.4) is 0 Å². The Morgan fingerprint density at radius 3 is 2.59 bits per heavy atom. The zero-order valence-corrected chi connectivity index (χ0v) is 17.7. The van der Waals surface area contributed by atoms with Crippen LogP contribution in [-0.2, 0) is 17.9 Å². The molecule has 9 heteroatoms. The highest BCUT2D eigenvalue weighted by molar-refractivity contribution is 5.85. The molecule has 0 bridgehead atoms. The Kier molecular flexibility index (Phi) is 8.82. The number of nitrogens with one attached hydrogen (secondary N) is 1. The molecule has 29 heavy (non-hydrogen) atoms. The van der Waals surface area contributed by atoms with Gasteiger partial charge in [-0.3, -0.25) is 0 Å². The topological polar surface area (TPSA) is 66.9 Å². The molecule has 1 N–H and O–H groups in total. The number of anilines is 1. The van der Waals surface area contributed by atoms with Gasteiger partial charge in [0.1, 0.15) is 19.0 Å². The fourth-order valence-corrected chi connectivity index (χ4v) is 3.27. The van der Waals surface area contributed by atoms with Crippen molar-refractivity contribution >= 4 is 36.7 Å². The fourth-order valence-electron chi connectivity index (χ4n) is 3.27. The van der Waals surface area contributed by atoms with Crippen molar-refractivity contribution in [3.8, 4) is 5.88 Å². The molecule has 4 rings (SSSR count). The quantitative estimate of drug-likeness (QED) is 0.791. The second-order valence-electron chi connectivity index (χ2n) is 6.67. The van der Waals surface area contributed by atoms with E-state index in [0.29, 0.717) is 32.2 Å². The number of hydrogen-bond donors (Lipinski definition) is 1. The number of pyridine rings is 1. The highest BCUT2D eigenvalue weighted by Crippen LogP contribution is 2.23. The molecule has 158 valence electrons. The summed E-state index contributed by atoms with van der Waals surface area (Å²) >= 11 is 0. The number of fused-ring (bicyclic) bond motifs is 1. The number of hydrogen-bond acceptors (Lipinski definition) is 6. The van der Waals surface area contributed by atoms with E-state index in [0.717, 1.165) is 43.1 Å². The van der Waals surface area contributed by atoms with Crippen molar-refractivity contribution in [2.45, 2.75) is 13.2 Å². The molecule has 0 unspecified atom stereocenters. The van der Waals surface area contributed by atoms with E-state index in [4.69, 9.17) is 9.47 Å². The van der Waals surface area contributed by atoms with Crippen LogP contribution in [0.1, 0.15) is 11.1 Å². The Morgan fingerprint density at radius 1 is 1.07 bits per heavy atom. The Balaban J connectivity index is 0.00000150. The van der Waals surface area contributed by atoms with Gasteiger partial charge in [0.2, 0.25) is 5.88 Å². The van der Waals surface area contributed by atoms with Crippen molar-refractivity contribution in [1.82, 2.24) is 15.2 Å². The molecule has 7 nitrogen and oxygen atoms in total. The van der Waals surface area contributed by atoms with Crippen LogP contribution in [0.25, 0.3) is 0 Å². The van der Waals surface area contributed by atoms with Gasteiger partial charge in [0.15, 0.2) is 0 Å². The van der Waals surface area contributed by atoms with Gasteiger partial charge in [0, 0.05) is 44.8 Å². The molecule has 0 spiro atoms. The summed E-state index contributed by atoms with van der Waals surface area (Å²) in [7, 11) is 0. The zero-order chi connectivity index (χ0) is 18.5. The van der Waals surface area contributed by atoms with E-state index in [1.54, 1.807) is 4.90 Å². The Bertz CT molecular complexity index is 787. The fraction of sp³-hybridized carbons (Fsp3) is 0.400. The lowest BCUT2D eigenvalue weighted by atomic mass is 10.2. The van der Waals surface area contributed by atoms with Crippen molar-refractivity contribution in [3.63, 3.8) is 0 Å². The van der Waals surface area contributed by atoms with Crippen LogP contribution in [0, 0.1) is 0 Å². The van der Waals surface area contributed by atoms with Gasteiger partial charge < -0.3 is 24.6 Å². The second kappa shape index (κ2) is 11.1. The summed E-state index contributed by atoms with van der Waals surface area (Å²) in [5.74, 6) is 1.61. The van der Waals surface area contributed by atoms with E-state index in [9.17, 15) is 4.79 Å². The van der Waals surface area contributed by atoms with Crippen molar-refractivity contribution in [1.29, 1.82) is 0 Å². The molecule has 2 aliphatic heterocycles. The van der Waals surface area contributed by atoms with Crippen LogP contribution in [0.2, 0.25) is 0 Å². The van der Waals surface area contributed by atoms with E-state index in [1.165, 1.54) is 0 Å². The minimum absolute atomic E-state index is 0. The van der Waals surface area contributed by atoms with Crippen LogP contribution < -0.4 is 15.0 Å². The Morgan fingerprint density at radius 2 is 1.83 bits per heavy atom. The molecule has 3 heterocycles. The number of aromatic nitrogens is 1. The monoisotopic (exact) mass is 440 g/mol. The summed E-state index contributed by atoms with van der Waals surface area (Å²) in [6.45, 7) is 5.24. The maximum atomic E-state index is 12.3. The summed E-state index contributed by atoms with van der Waals surface area (Å²) in [5, 5.41) is 3.31. The number of piperazine rings is 1. The van der Waals surface area contributed by atoms with Gasteiger partial charge in [-0.05, 0) is 17.7 Å². The van der Waals surface area contributed by atoms with Crippen LogP contribution >= 0.6 is 24.8 Å². The molecule has 0 radical (unpaired) electrons. The number of carbonyl (C=O) groups excluding carboxylic acids is 1. The smallest absolute Gasteiger partial charge is 0.410 e. The van der Waals surface area contributed by atoms with E-state index in [1.807, 2.05) is 36.4 Å². The second-order valence-corrected chi connectivity index (χ2v) is 6.67. The van der Waals surface area contributed by atoms with Gasteiger partial charge in [-0.15, -0.1) is 24.8 Å². The average molecular weight is 441 g/mol. The Labute approximate surface area is 183 Å². The summed E-state index contributed by atoms with van der Waals surface area (Å²) in [6.07, 6.45) is -0.261. The third kappa shape index (κ3) is 5.88. The van der Waals surface area contributed by atoms with E-state index in [-0.39, 0.29) is 30.9 Å². The first-order valence-corrected chi connectivity index (χ1v) is 9.33. The number of nitrogens with zero attached hydrogens (tertiary/aromatic N) is 3. The molecule has 0 saturated carbocycles. The minimum Gasteiger partial charge on any atom is -0.476 e. The minimum atomic E-state index is -0.261. The number of halogens is 2. The van der Waals surface area contributed by atoms with Crippen molar-refractivity contribution < 1.29 is 14.3 Å². The van der Waals surface area contributed by atoms with Crippen LogP contribution in [-0.4, -0.2) is 55.3 Å². The average Bonchev–Trinajstić information content (AvgIpc) is 2.98.